The summed E-state index contributed by atoms with van der Waals surface area (Å²) >= 11 is 0. The first-order valence-corrected chi connectivity index (χ1v) is 11.5. The number of carbonyl (C=O) groups is 1. The van der Waals surface area contributed by atoms with Gasteiger partial charge in [0.15, 0.2) is 0 Å². The molecular weight excluding hydrogens is 394 g/mol. The number of likely N-dealkylation sites (N-methyl/N-ethyl adjacent to an activating group) is 1. The summed E-state index contributed by atoms with van der Waals surface area (Å²) in [4.78, 5) is 16.7. The number of hydrogen-bond donors (Lipinski definition) is 0. The van der Waals surface area contributed by atoms with Gasteiger partial charge in [0, 0.05) is 39.8 Å². The SMILES string of the molecule is CN1CCOc2ccc(S(=O)(=O)N3CC4=C(CN(C(=O)[C@H]5CCCO5)C4)C3)cc21. The highest BCUT2D eigenvalue weighted by atomic mass is 32.2. The molecular formula is C20H25N3O5S. The minimum Gasteiger partial charge on any atom is -0.490 e. The van der Waals surface area contributed by atoms with Crippen LogP contribution in [0.5, 0.6) is 5.75 Å². The van der Waals surface area contributed by atoms with Gasteiger partial charge in [-0.2, -0.15) is 4.31 Å². The molecule has 0 bridgehead atoms. The normalized spacial score (nSPS) is 24.7. The van der Waals surface area contributed by atoms with Crippen molar-refractivity contribution < 1.29 is 22.7 Å². The van der Waals surface area contributed by atoms with E-state index in [-0.39, 0.29) is 16.9 Å². The van der Waals surface area contributed by atoms with Crippen LogP contribution in [0.25, 0.3) is 0 Å². The molecule has 0 spiro atoms. The maximum atomic E-state index is 13.2. The Kier molecular flexibility index (Phi) is 4.56. The van der Waals surface area contributed by atoms with Crippen LogP contribution in [0.3, 0.4) is 0 Å². The Morgan fingerprint density at radius 2 is 1.86 bits per heavy atom. The van der Waals surface area contributed by atoms with E-state index >= 15 is 0 Å². The number of rotatable bonds is 3. The Balaban J connectivity index is 1.29. The smallest absolute Gasteiger partial charge is 0.252 e. The van der Waals surface area contributed by atoms with Crippen LogP contribution < -0.4 is 9.64 Å². The summed E-state index contributed by atoms with van der Waals surface area (Å²) in [5.41, 5.74) is 2.88. The minimum atomic E-state index is -3.61. The lowest BCUT2D eigenvalue weighted by atomic mass is 10.2. The number of hydrogen-bond acceptors (Lipinski definition) is 6. The number of carbonyl (C=O) groups excluding carboxylic acids is 1. The molecule has 0 unspecified atom stereocenters. The molecule has 1 atom stereocenters. The first kappa shape index (κ1) is 18.9. The van der Waals surface area contributed by atoms with Crippen LogP contribution in [0, 0.1) is 0 Å². The fraction of sp³-hybridized carbons (Fsp3) is 0.550. The van der Waals surface area contributed by atoms with E-state index in [1.165, 1.54) is 4.31 Å². The Morgan fingerprint density at radius 3 is 2.55 bits per heavy atom. The van der Waals surface area contributed by atoms with Gasteiger partial charge in [-0.05, 0) is 42.2 Å². The maximum absolute atomic E-state index is 13.2. The lowest BCUT2D eigenvalue weighted by Gasteiger charge is -2.28. The molecule has 1 aromatic rings. The average molecular weight is 420 g/mol. The highest BCUT2D eigenvalue weighted by molar-refractivity contribution is 7.89. The van der Waals surface area contributed by atoms with Crippen LogP contribution in [-0.2, 0) is 19.6 Å². The van der Waals surface area contributed by atoms with Crippen molar-refractivity contribution >= 4 is 21.6 Å². The lowest BCUT2D eigenvalue weighted by Crippen LogP contribution is -2.40. The van der Waals surface area contributed by atoms with E-state index in [2.05, 4.69) is 0 Å². The highest BCUT2D eigenvalue weighted by Crippen LogP contribution is 2.36. The topological polar surface area (TPSA) is 79.4 Å². The molecule has 29 heavy (non-hydrogen) atoms. The van der Waals surface area contributed by atoms with Crippen LogP contribution in [0.4, 0.5) is 5.69 Å². The second-order valence-electron chi connectivity index (χ2n) is 8.08. The van der Waals surface area contributed by atoms with Gasteiger partial charge in [0.2, 0.25) is 10.0 Å². The zero-order chi connectivity index (χ0) is 20.2. The molecule has 1 aromatic carbocycles. The van der Waals surface area contributed by atoms with E-state index in [1.807, 2.05) is 11.9 Å². The van der Waals surface area contributed by atoms with Gasteiger partial charge in [-0.15, -0.1) is 0 Å². The van der Waals surface area contributed by atoms with Crippen LogP contribution in [0.2, 0.25) is 0 Å². The molecule has 0 aromatic heterocycles. The molecule has 5 rings (SSSR count). The molecule has 1 amide bonds. The molecule has 4 heterocycles. The number of fused-ring (bicyclic) bond motifs is 1. The fourth-order valence-electron chi connectivity index (χ4n) is 4.49. The summed E-state index contributed by atoms with van der Waals surface area (Å²) < 4.78 is 39.1. The zero-order valence-corrected chi connectivity index (χ0v) is 17.3. The quantitative estimate of drug-likeness (QED) is 0.676. The van der Waals surface area contributed by atoms with Gasteiger partial charge in [-0.1, -0.05) is 0 Å². The average Bonchev–Trinajstić information content (AvgIpc) is 3.44. The molecule has 156 valence electrons. The summed E-state index contributed by atoms with van der Waals surface area (Å²) in [6, 6.07) is 5.04. The van der Waals surface area contributed by atoms with Crippen LogP contribution in [0.15, 0.2) is 34.2 Å². The predicted molar refractivity (Wildman–Crippen MR) is 107 cm³/mol. The number of benzene rings is 1. The molecule has 4 aliphatic rings. The molecule has 8 nitrogen and oxygen atoms in total. The van der Waals surface area contributed by atoms with Crippen molar-refractivity contribution in [1.82, 2.24) is 9.21 Å². The van der Waals surface area contributed by atoms with E-state index in [1.54, 1.807) is 23.1 Å². The Morgan fingerprint density at radius 1 is 1.10 bits per heavy atom. The zero-order valence-electron chi connectivity index (χ0n) is 16.5. The van der Waals surface area contributed by atoms with Crippen molar-refractivity contribution in [2.45, 2.75) is 23.8 Å². The fourth-order valence-corrected chi connectivity index (χ4v) is 5.94. The van der Waals surface area contributed by atoms with E-state index in [0.717, 1.165) is 36.2 Å². The molecule has 0 aliphatic carbocycles. The summed E-state index contributed by atoms with van der Waals surface area (Å²) in [6.45, 7) is 3.66. The lowest BCUT2D eigenvalue weighted by molar-refractivity contribution is -0.139. The third-order valence-corrected chi connectivity index (χ3v) is 7.97. The molecule has 0 saturated carbocycles. The van der Waals surface area contributed by atoms with Gasteiger partial charge in [0.25, 0.3) is 5.91 Å². The van der Waals surface area contributed by atoms with Gasteiger partial charge >= 0.3 is 0 Å². The maximum Gasteiger partial charge on any atom is 0.252 e. The summed E-state index contributed by atoms with van der Waals surface area (Å²) in [7, 11) is -1.68. The van der Waals surface area contributed by atoms with Crippen LogP contribution >= 0.6 is 0 Å². The Bertz CT molecular complexity index is 966. The first-order chi connectivity index (χ1) is 13.9. The Hall–Kier alpha value is -2.10. The van der Waals surface area contributed by atoms with E-state index in [9.17, 15) is 13.2 Å². The second kappa shape index (κ2) is 7.00. The minimum absolute atomic E-state index is 0.0315. The molecule has 1 fully saturated rings. The van der Waals surface area contributed by atoms with Crippen molar-refractivity contribution in [2.75, 3.05) is 57.9 Å². The first-order valence-electron chi connectivity index (χ1n) is 10.0. The summed E-state index contributed by atoms with van der Waals surface area (Å²) in [6.07, 6.45) is 1.37. The van der Waals surface area contributed by atoms with Gasteiger partial charge < -0.3 is 19.3 Å². The molecule has 1 saturated heterocycles. The van der Waals surface area contributed by atoms with E-state index in [4.69, 9.17) is 9.47 Å². The van der Waals surface area contributed by atoms with Gasteiger partial charge in [-0.25, -0.2) is 8.42 Å². The monoisotopic (exact) mass is 419 g/mol. The number of amides is 1. The standard InChI is InChI=1S/C20H25N3O5S/c1-21-6-8-28-18-5-4-16(9-17(18)21)29(25,26)23-12-14-10-22(11-15(14)13-23)20(24)19-3-2-7-27-19/h4-5,9,19H,2-3,6-8,10-13H2,1H3/t19-/m1/s1. The highest BCUT2D eigenvalue weighted by Gasteiger charge is 2.39. The second-order valence-corrected chi connectivity index (χ2v) is 10.0. The van der Waals surface area contributed by atoms with Crippen molar-refractivity contribution in [2.24, 2.45) is 0 Å². The molecule has 4 aliphatic heterocycles. The number of ether oxygens (including phenoxy) is 2. The van der Waals surface area contributed by atoms with Gasteiger partial charge in [0.05, 0.1) is 17.1 Å². The Labute approximate surface area is 170 Å². The molecule has 0 radical (unpaired) electrons. The third kappa shape index (κ3) is 3.21. The van der Waals surface area contributed by atoms with Gasteiger partial charge in [0.1, 0.15) is 18.5 Å². The van der Waals surface area contributed by atoms with Crippen LogP contribution in [0.1, 0.15) is 12.8 Å². The van der Waals surface area contributed by atoms with Crippen LogP contribution in [-0.4, -0.2) is 82.6 Å². The van der Waals surface area contributed by atoms with E-state index in [0.29, 0.717) is 45.1 Å². The number of sulfonamides is 1. The summed E-state index contributed by atoms with van der Waals surface area (Å²) in [5.74, 6) is 0.743. The largest absolute Gasteiger partial charge is 0.490 e. The van der Waals surface area contributed by atoms with Gasteiger partial charge in [-0.3, -0.25) is 4.79 Å². The number of nitrogens with zero attached hydrogens (tertiary/aromatic N) is 3. The predicted octanol–water partition coefficient (Wildman–Crippen LogP) is 0.837. The van der Waals surface area contributed by atoms with E-state index < -0.39 is 10.0 Å². The third-order valence-electron chi connectivity index (χ3n) is 6.18. The number of anilines is 1. The molecule has 0 N–H and O–H groups in total. The van der Waals surface area contributed by atoms with Crippen molar-refractivity contribution in [1.29, 1.82) is 0 Å². The van der Waals surface area contributed by atoms with Crippen molar-refractivity contribution in [3.8, 4) is 5.75 Å². The summed E-state index contributed by atoms with van der Waals surface area (Å²) in [5, 5.41) is 0. The molecule has 9 heteroatoms. The van der Waals surface area contributed by atoms with Crippen molar-refractivity contribution in [3.05, 3.63) is 29.3 Å². The van der Waals surface area contributed by atoms with Crippen molar-refractivity contribution in [3.63, 3.8) is 0 Å².